The van der Waals surface area contributed by atoms with Crippen LogP contribution in [0.25, 0.3) is 0 Å². The quantitative estimate of drug-likeness (QED) is 0.121. The van der Waals surface area contributed by atoms with Crippen LogP contribution in [0.3, 0.4) is 0 Å². The lowest BCUT2D eigenvalue weighted by Gasteiger charge is -2.34. The number of rotatable bonds is 13. The van der Waals surface area contributed by atoms with Crippen LogP contribution in [-0.4, -0.2) is 35.3 Å². The van der Waals surface area contributed by atoms with Crippen molar-refractivity contribution in [3.63, 3.8) is 0 Å². The van der Waals surface area contributed by atoms with E-state index in [0.29, 0.717) is 17.6 Å². The summed E-state index contributed by atoms with van der Waals surface area (Å²) in [7, 11) is 0.803. The minimum absolute atomic E-state index is 0.0753. The Morgan fingerprint density at radius 2 is 1.77 bits per heavy atom. The van der Waals surface area contributed by atoms with Crippen molar-refractivity contribution in [2.75, 3.05) is 7.11 Å². The Morgan fingerprint density at radius 1 is 1.10 bits per heavy atom. The predicted octanol–water partition coefficient (Wildman–Crippen LogP) is 7.51. The molecule has 0 saturated carbocycles. The first-order valence-electron chi connectivity index (χ1n) is 12.5. The van der Waals surface area contributed by atoms with Gasteiger partial charge in [-0.05, 0) is 57.5 Å². The summed E-state index contributed by atoms with van der Waals surface area (Å²) in [5.41, 5.74) is -0.493. The van der Waals surface area contributed by atoms with Crippen LogP contribution in [0.4, 0.5) is 19.0 Å². The fourth-order valence-electron chi connectivity index (χ4n) is 4.03. The Kier molecular flexibility index (Phi) is 11.3. The SMILES string of the molecule is CO[C@](C(=O)O[C@H](Cc1c[nH]c([N+](=O)[O-])c1)/C(C)=C/C/C=C(\C)CCC=C(C)C)(c1ccccc1)C(F)(F)F. The van der Waals surface area contributed by atoms with Gasteiger partial charge in [0.2, 0.25) is 0 Å². The molecule has 0 bridgehead atoms. The molecule has 1 N–H and O–H groups in total. The number of benzene rings is 1. The lowest BCUT2D eigenvalue weighted by molar-refractivity contribution is -0.389. The van der Waals surface area contributed by atoms with Gasteiger partial charge in [0.25, 0.3) is 5.60 Å². The molecule has 0 saturated heterocycles. The van der Waals surface area contributed by atoms with Gasteiger partial charge in [0.05, 0.1) is 6.20 Å². The van der Waals surface area contributed by atoms with Gasteiger partial charge >= 0.3 is 18.0 Å². The number of halogens is 3. The van der Waals surface area contributed by atoms with Crippen molar-refractivity contribution in [1.82, 2.24) is 4.98 Å². The number of nitro groups is 1. The Hall–Kier alpha value is -3.66. The second-order valence-electron chi connectivity index (χ2n) is 9.55. The highest BCUT2D eigenvalue weighted by Gasteiger charge is 2.64. The molecule has 0 spiro atoms. The standard InChI is InChI=1S/C29H35F3N2O5/c1-20(2)11-9-12-21(3)13-10-14-22(4)25(17-23-18-26(33-19-23)34(36)37)39-27(35)28(38-5,29(30,31)32)24-15-7-6-8-16-24/h6-8,11,13-16,18-19,25,33H,9-10,12,17H2,1-5H3/b21-13+,22-14+/t25-,28+/m1/s1. The molecule has 7 nitrogen and oxygen atoms in total. The molecule has 0 fully saturated rings. The van der Waals surface area contributed by atoms with Gasteiger partial charge in [-0.2, -0.15) is 13.2 Å². The summed E-state index contributed by atoms with van der Waals surface area (Å²) in [5, 5.41) is 11.1. The summed E-state index contributed by atoms with van der Waals surface area (Å²) >= 11 is 0. The summed E-state index contributed by atoms with van der Waals surface area (Å²) in [5.74, 6) is -1.91. The molecule has 0 amide bonds. The van der Waals surface area contributed by atoms with E-state index >= 15 is 0 Å². The van der Waals surface area contributed by atoms with E-state index in [2.05, 4.69) is 11.1 Å². The van der Waals surface area contributed by atoms with Crippen molar-refractivity contribution in [1.29, 1.82) is 0 Å². The van der Waals surface area contributed by atoms with Crippen LogP contribution in [-0.2, 0) is 26.3 Å². The molecule has 10 heteroatoms. The second kappa shape index (κ2) is 13.9. The highest BCUT2D eigenvalue weighted by atomic mass is 19.4. The first-order chi connectivity index (χ1) is 18.3. The Morgan fingerprint density at radius 3 is 2.31 bits per heavy atom. The molecule has 0 radical (unpaired) electrons. The van der Waals surface area contributed by atoms with Crippen LogP contribution < -0.4 is 0 Å². The fraction of sp³-hybridized carbons (Fsp3) is 0.414. The number of nitrogens with one attached hydrogen (secondary N) is 1. The van der Waals surface area contributed by atoms with E-state index in [4.69, 9.17) is 9.47 Å². The van der Waals surface area contributed by atoms with Crippen molar-refractivity contribution in [3.8, 4) is 0 Å². The average Bonchev–Trinajstić information content (AvgIpc) is 3.33. The Balaban J connectivity index is 2.39. The molecule has 0 unspecified atom stereocenters. The minimum atomic E-state index is -5.12. The maximum atomic E-state index is 14.4. The molecule has 1 aromatic heterocycles. The summed E-state index contributed by atoms with van der Waals surface area (Å²) < 4.78 is 53.5. The maximum absolute atomic E-state index is 14.4. The van der Waals surface area contributed by atoms with Crippen LogP contribution >= 0.6 is 0 Å². The van der Waals surface area contributed by atoms with Gasteiger partial charge < -0.3 is 19.6 Å². The maximum Gasteiger partial charge on any atom is 0.432 e. The van der Waals surface area contributed by atoms with Gasteiger partial charge in [-0.25, -0.2) is 9.78 Å². The molecule has 2 atom stereocenters. The molecule has 1 aromatic carbocycles. The van der Waals surface area contributed by atoms with Crippen LogP contribution in [0.15, 0.2) is 77.5 Å². The molecule has 2 aromatic rings. The lowest BCUT2D eigenvalue weighted by Crippen LogP contribution is -2.52. The lowest BCUT2D eigenvalue weighted by atomic mass is 9.92. The third-order valence-corrected chi connectivity index (χ3v) is 6.27. The van der Waals surface area contributed by atoms with E-state index in [-0.39, 0.29) is 12.2 Å². The van der Waals surface area contributed by atoms with Crippen LogP contribution in [0.1, 0.15) is 58.1 Å². The van der Waals surface area contributed by atoms with E-state index in [0.717, 1.165) is 37.7 Å². The summed E-state index contributed by atoms with van der Waals surface area (Å²) in [6, 6.07) is 7.82. The monoisotopic (exact) mass is 548 g/mol. The van der Waals surface area contributed by atoms with Gasteiger partial charge in [-0.3, -0.25) is 0 Å². The van der Waals surface area contributed by atoms with Crippen molar-refractivity contribution in [2.24, 2.45) is 0 Å². The predicted molar refractivity (Wildman–Crippen MR) is 143 cm³/mol. The number of methoxy groups -OCH3 is 1. The summed E-state index contributed by atoms with van der Waals surface area (Å²) in [4.78, 5) is 26.3. The molecule has 0 aliphatic heterocycles. The van der Waals surface area contributed by atoms with Gasteiger partial charge in [0.15, 0.2) is 0 Å². The third-order valence-electron chi connectivity index (χ3n) is 6.27. The largest absolute Gasteiger partial charge is 0.455 e. The molecular weight excluding hydrogens is 513 g/mol. The number of aromatic nitrogens is 1. The first-order valence-corrected chi connectivity index (χ1v) is 12.5. The zero-order valence-electron chi connectivity index (χ0n) is 22.8. The van der Waals surface area contributed by atoms with Gasteiger partial charge in [0.1, 0.15) is 6.10 Å². The highest BCUT2D eigenvalue weighted by molar-refractivity contribution is 5.83. The topological polar surface area (TPSA) is 94.5 Å². The number of carbonyl (C=O) groups is 1. The van der Waals surface area contributed by atoms with Crippen LogP contribution in [0, 0.1) is 10.1 Å². The van der Waals surface area contributed by atoms with E-state index in [9.17, 15) is 28.1 Å². The number of carbonyl (C=O) groups excluding carboxylic acids is 1. The minimum Gasteiger partial charge on any atom is -0.455 e. The van der Waals surface area contributed by atoms with E-state index in [1.54, 1.807) is 13.0 Å². The zero-order valence-corrected chi connectivity index (χ0v) is 22.8. The number of ether oxygens (including phenoxy) is 2. The molecule has 2 rings (SSSR count). The van der Waals surface area contributed by atoms with Crippen LogP contribution in [0.5, 0.6) is 0 Å². The molecule has 0 aliphatic carbocycles. The van der Waals surface area contributed by atoms with Crippen molar-refractivity contribution >= 4 is 11.8 Å². The van der Waals surface area contributed by atoms with Crippen molar-refractivity contribution in [2.45, 2.75) is 71.3 Å². The van der Waals surface area contributed by atoms with Gasteiger partial charge in [-0.1, -0.05) is 59.7 Å². The van der Waals surface area contributed by atoms with E-state index in [1.807, 2.05) is 26.8 Å². The average molecular weight is 549 g/mol. The molecule has 39 heavy (non-hydrogen) atoms. The second-order valence-corrected chi connectivity index (χ2v) is 9.55. The molecule has 1 heterocycles. The zero-order chi connectivity index (χ0) is 29.2. The highest BCUT2D eigenvalue weighted by Crippen LogP contribution is 2.43. The normalized spacial score (nSPS) is 14.9. The number of H-pyrrole nitrogens is 1. The fourth-order valence-corrected chi connectivity index (χ4v) is 4.03. The van der Waals surface area contributed by atoms with E-state index in [1.165, 1.54) is 36.0 Å². The number of aromatic amines is 1. The smallest absolute Gasteiger partial charge is 0.432 e. The number of alkyl halides is 3. The molecule has 0 aliphatic rings. The van der Waals surface area contributed by atoms with Crippen LogP contribution in [0.2, 0.25) is 0 Å². The molecular formula is C29H35F3N2O5. The summed E-state index contributed by atoms with van der Waals surface area (Å²) in [6.07, 6.45) is 3.18. The number of nitrogens with zero attached hydrogens (tertiary/aromatic N) is 1. The van der Waals surface area contributed by atoms with Gasteiger partial charge in [0, 0.05) is 30.7 Å². The number of hydrogen-bond donors (Lipinski definition) is 1. The molecule has 212 valence electrons. The number of hydrogen-bond acceptors (Lipinski definition) is 5. The Labute approximate surface area is 226 Å². The summed E-state index contributed by atoms with van der Waals surface area (Å²) in [6.45, 7) is 7.70. The Bertz CT molecular complexity index is 1210. The number of allylic oxidation sites excluding steroid dienone is 5. The number of esters is 1. The van der Waals surface area contributed by atoms with Crippen molar-refractivity contribution < 1.29 is 32.4 Å². The third kappa shape index (κ3) is 8.41. The first kappa shape index (κ1) is 31.6. The van der Waals surface area contributed by atoms with Crippen molar-refractivity contribution in [3.05, 3.63) is 98.8 Å². The van der Waals surface area contributed by atoms with Gasteiger partial charge in [-0.15, -0.1) is 0 Å². The van der Waals surface area contributed by atoms with E-state index < -0.39 is 34.3 Å².